The van der Waals surface area contributed by atoms with Crippen LogP contribution in [0.3, 0.4) is 0 Å². The Morgan fingerprint density at radius 3 is 2.95 bits per heavy atom. The summed E-state index contributed by atoms with van der Waals surface area (Å²) in [5.74, 6) is 1.62. The highest BCUT2D eigenvalue weighted by molar-refractivity contribution is 9.10. The molecule has 7 nitrogen and oxygen atoms in total. The van der Waals surface area contributed by atoms with Gasteiger partial charge in [0, 0.05) is 23.6 Å². The Hall–Kier alpha value is -2.22. The summed E-state index contributed by atoms with van der Waals surface area (Å²) >= 11 is 3.48. The van der Waals surface area contributed by atoms with Gasteiger partial charge in [0.2, 0.25) is 0 Å². The molecule has 108 valence electrons. The lowest BCUT2D eigenvalue weighted by molar-refractivity contribution is 0.409. The van der Waals surface area contributed by atoms with Crippen molar-refractivity contribution in [3.8, 4) is 5.75 Å². The second kappa shape index (κ2) is 5.65. The number of benzene rings is 1. The first-order chi connectivity index (χ1) is 10.2. The molecule has 21 heavy (non-hydrogen) atoms. The molecule has 0 bridgehead atoms. The average Bonchev–Trinajstić information content (AvgIpc) is 2.94. The number of rotatable bonds is 4. The molecule has 0 radical (unpaired) electrons. The molecule has 8 heteroatoms. The molecule has 0 saturated carbocycles. The summed E-state index contributed by atoms with van der Waals surface area (Å²) < 4.78 is 7.81. The quantitative estimate of drug-likeness (QED) is 0.717. The van der Waals surface area contributed by atoms with Crippen molar-refractivity contribution in [1.82, 2.24) is 25.3 Å². The Morgan fingerprint density at radius 1 is 1.29 bits per heavy atom. The van der Waals surface area contributed by atoms with Crippen molar-refractivity contribution in [3.05, 3.63) is 40.4 Å². The minimum absolute atomic E-state index is 0.618. The van der Waals surface area contributed by atoms with E-state index in [4.69, 9.17) is 4.74 Å². The minimum Gasteiger partial charge on any atom is -0.496 e. The molecule has 0 atom stereocenters. The Morgan fingerprint density at radius 2 is 2.14 bits per heavy atom. The molecule has 0 unspecified atom stereocenters. The molecule has 0 spiro atoms. The molecule has 0 aliphatic heterocycles. The number of hydrogen-bond acceptors (Lipinski definition) is 6. The van der Waals surface area contributed by atoms with Gasteiger partial charge in [-0.3, -0.25) is 0 Å². The second-order valence-electron chi connectivity index (χ2n) is 4.53. The Kier molecular flexibility index (Phi) is 3.70. The Balaban J connectivity index is 1.88. The van der Waals surface area contributed by atoms with Gasteiger partial charge in [0.15, 0.2) is 11.5 Å². The summed E-state index contributed by atoms with van der Waals surface area (Å²) in [7, 11) is 3.62. The third kappa shape index (κ3) is 2.80. The van der Waals surface area contributed by atoms with Crippen molar-refractivity contribution in [3.63, 3.8) is 0 Å². The second-order valence-corrected chi connectivity index (χ2v) is 5.45. The monoisotopic (exact) mass is 348 g/mol. The molecule has 0 aliphatic carbocycles. The molecule has 0 N–H and O–H groups in total. The van der Waals surface area contributed by atoms with Crippen LogP contribution >= 0.6 is 15.9 Å². The van der Waals surface area contributed by atoms with Gasteiger partial charge in [-0.2, -0.15) is 0 Å². The van der Waals surface area contributed by atoms with Crippen molar-refractivity contribution in [2.75, 3.05) is 19.1 Å². The highest BCUT2D eigenvalue weighted by atomic mass is 79.9. The van der Waals surface area contributed by atoms with E-state index in [1.54, 1.807) is 7.11 Å². The molecular weight excluding hydrogens is 336 g/mol. The van der Waals surface area contributed by atoms with Gasteiger partial charge >= 0.3 is 0 Å². The van der Waals surface area contributed by atoms with Crippen LogP contribution in [0.4, 0.5) is 5.82 Å². The molecule has 2 aromatic heterocycles. The fourth-order valence-electron chi connectivity index (χ4n) is 2.05. The number of anilines is 1. The van der Waals surface area contributed by atoms with Crippen molar-refractivity contribution < 1.29 is 4.74 Å². The van der Waals surface area contributed by atoms with Gasteiger partial charge in [-0.15, -0.1) is 14.8 Å². The van der Waals surface area contributed by atoms with E-state index in [1.807, 2.05) is 42.3 Å². The van der Waals surface area contributed by atoms with E-state index in [1.165, 1.54) is 4.63 Å². The first-order valence-electron chi connectivity index (χ1n) is 6.26. The summed E-state index contributed by atoms with van der Waals surface area (Å²) in [5.41, 5.74) is 1.68. The van der Waals surface area contributed by atoms with Gasteiger partial charge in [0.1, 0.15) is 5.75 Å². The number of aromatic nitrogens is 5. The van der Waals surface area contributed by atoms with Crippen molar-refractivity contribution in [2.45, 2.75) is 6.54 Å². The lowest BCUT2D eigenvalue weighted by Gasteiger charge is -2.19. The summed E-state index contributed by atoms with van der Waals surface area (Å²) in [6, 6.07) is 9.64. The largest absolute Gasteiger partial charge is 0.496 e. The van der Waals surface area contributed by atoms with Gasteiger partial charge in [0.25, 0.3) is 0 Å². The van der Waals surface area contributed by atoms with Crippen LogP contribution in [0.5, 0.6) is 5.75 Å². The van der Waals surface area contributed by atoms with E-state index in [2.05, 4.69) is 36.6 Å². The van der Waals surface area contributed by atoms with Crippen LogP contribution in [0, 0.1) is 0 Å². The Labute approximate surface area is 129 Å². The molecule has 0 fully saturated rings. The molecule has 0 saturated heterocycles. The lowest BCUT2D eigenvalue weighted by Crippen LogP contribution is -2.19. The van der Waals surface area contributed by atoms with Gasteiger partial charge in [0.05, 0.1) is 7.11 Å². The summed E-state index contributed by atoms with van der Waals surface area (Å²) in [4.78, 5) is 2.01. The average molecular weight is 349 g/mol. The van der Waals surface area contributed by atoms with Crippen molar-refractivity contribution in [1.29, 1.82) is 0 Å². The van der Waals surface area contributed by atoms with Crippen LogP contribution in [0.25, 0.3) is 5.65 Å². The highest BCUT2D eigenvalue weighted by Gasteiger charge is 2.10. The predicted molar refractivity (Wildman–Crippen MR) is 81.4 cm³/mol. The maximum absolute atomic E-state index is 5.39. The van der Waals surface area contributed by atoms with Crippen molar-refractivity contribution >= 4 is 27.4 Å². The lowest BCUT2D eigenvalue weighted by atomic mass is 10.2. The third-order valence-electron chi connectivity index (χ3n) is 3.10. The zero-order valence-electron chi connectivity index (χ0n) is 11.6. The normalized spacial score (nSPS) is 10.8. The molecule has 2 heterocycles. The zero-order chi connectivity index (χ0) is 14.8. The predicted octanol–water partition coefficient (Wildman–Crippen LogP) is 1.93. The van der Waals surface area contributed by atoms with Gasteiger partial charge in [-0.05, 0) is 40.8 Å². The van der Waals surface area contributed by atoms with Gasteiger partial charge < -0.3 is 9.64 Å². The van der Waals surface area contributed by atoms with Crippen LogP contribution in [0.15, 0.2) is 34.8 Å². The zero-order valence-corrected chi connectivity index (χ0v) is 13.1. The first kappa shape index (κ1) is 13.7. The van der Waals surface area contributed by atoms with Crippen LogP contribution < -0.4 is 9.64 Å². The van der Waals surface area contributed by atoms with Crippen molar-refractivity contribution in [2.24, 2.45) is 0 Å². The summed E-state index contributed by atoms with van der Waals surface area (Å²) in [6.07, 6.45) is 0. The maximum Gasteiger partial charge on any atom is 0.200 e. The van der Waals surface area contributed by atoms with E-state index in [0.29, 0.717) is 12.2 Å². The SMILES string of the molecule is COc1ccc(Br)cc1CN(C)c1ccc2nnnn2n1. The van der Waals surface area contributed by atoms with E-state index in [9.17, 15) is 0 Å². The number of ether oxygens (including phenoxy) is 1. The number of fused-ring (bicyclic) bond motifs is 1. The summed E-state index contributed by atoms with van der Waals surface area (Å²) in [6.45, 7) is 0.656. The minimum atomic E-state index is 0.618. The van der Waals surface area contributed by atoms with Crippen LogP contribution in [-0.4, -0.2) is 39.4 Å². The molecule has 0 amide bonds. The number of nitrogens with zero attached hydrogens (tertiary/aromatic N) is 6. The van der Waals surface area contributed by atoms with Crippen LogP contribution in [-0.2, 0) is 6.54 Å². The molecular formula is C13H13BrN6O. The molecule has 0 aliphatic rings. The van der Waals surface area contributed by atoms with Crippen LogP contribution in [0.2, 0.25) is 0 Å². The maximum atomic E-state index is 5.39. The van der Waals surface area contributed by atoms with E-state index in [0.717, 1.165) is 21.6 Å². The van der Waals surface area contributed by atoms with Gasteiger partial charge in [-0.1, -0.05) is 15.9 Å². The van der Waals surface area contributed by atoms with Crippen LogP contribution in [0.1, 0.15) is 5.56 Å². The van der Waals surface area contributed by atoms with Gasteiger partial charge in [-0.25, -0.2) is 0 Å². The third-order valence-corrected chi connectivity index (χ3v) is 3.59. The fraction of sp³-hybridized carbons (Fsp3) is 0.231. The smallest absolute Gasteiger partial charge is 0.200 e. The summed E-state index contributed by atoms with van der Waals surface area (Å²) in [5, 5.41) is 15.6. The topological polar surface area (TPSA) is 68.4 Å². The standard InChI is InChI=1S/C13H13BrN6O/c1-19(8-9-7-10(14)3-4-11(9)21-2)13-6-5-12-15-17-18-20(12)16-13/h3-7H,8H2,1-2H3. The van der Waals surface area contributed by atoms with E-state index < -0.39 is 0 Å². The van der Waals surface area contributed by atoms with E-state index >= 15 is 0 Å². The molecule has 3 aromatic rings. The number of methoxy groups -OCH3 is 1. The Bertz CT molecular complexity index is 774. The highest BCUT2D eigenvalue weighted by Crippen LogP contribution is 2.25. The molecule has 1 aromatic carbocycles. The number of halogens is 1. The van der Waals surface area contributed by atoms with E-state index in [-0.39, 0.29) is 0 Å². The number of hydrogen-bond donors (Lipinski definition) is 0. The fourth-order valence-corrected chi connectivity index (χ4v) is 2.46. The first-order valence-corrected chi connectivity index (χ1v) is 7.05. The molecule has 3 rings (SSSR count). The number of tetrazole rings is 1.